The lowest BCUT2D eigenvalue weighted by molar-refractivity contribution is 0.103. The van der Waals surface area contributed by atoms with Crippen molar-refractivity contribution in [1.82, 2.24) is 30.1 Å². The Hall–Kier alpha value is -2.02. The summed E-state index contributed by atoms with van der Waals surface area (Å²) in [7, 11) is 1.77. The van der Waals surface area contributed by atoms with Gasteiger partial charge >= 0.3 is 0 Å². The second kappa shape index (κ2) is 3.77. The van der Waals surface area contributed by atoms with Gasteiger partial charge in [-0.2, -0.15) is 5.10 Å². The fourth-order valence-electron chi connectivity index (χ4n) is 1.71. The Kier molecular flexibility index (Phi) is 2.25. The number of nitrogens with zero attached hydrogens (tertiary/aromatic N) is 5. The van der Waals surface area contributed by atoms with Gasteiger partial charge in [-0.3, -0.25) is 9.48 Å². The molecule has 88 valence electrons. The highest BCUT2D eigenvalue weighted by Crippen LogP contribution is 2.12. The van der Waals surface area contributed by atoms with Gasteiger partial charge < -0.3 is 5.32 Å². The van der Waals surface area contributed by atoms with E-state index in [0.717, 1.165) is 13.1 Å². The number of aryl methyl sites for hydroxylation is 1. The van der Waals surface area contributed by atoms with E-state index >= 15 is 0 Å². The number of carbonyl (C=O) groups is 1. The lowest BCUT2D eigenvalue weighted by Gasteiger charge is -2.26. The molecule has 0 spiro atoms. The largest absolute Gasteiger partial charge is 0.312 e. The van der Waals surface area contributed by atoms with Crippen molar-refractivity contribution in [3.05, 3.63) is 29.8 Å². The van der Waals surface area contributed by atoms with E-state index < -0.39 is 0 Å². The van der Waals surface area contributed by atoms with E-state index in [2.05, 4.69) is 20.7 Å². The Morgan fingerprint density at radius 1 is 1.47 bits per heavy atom. The molecule has 0 amide bonds. The van der Waals surface area contributed by atoms with Crippen molar-refractivity contribution >= 4 is 5.78 Å². The summed E-state index contributed by atoms with van der Waals surface area (Å²) in [6.45, 7) is 1.76. The first kappa shape index (κ1) is 10.2. The number of ketones is 1. The number of aromatic nitrogens is 5. The lowest BCUT2D eigenvalue weighted by Crippen LogP contribution is -2.43. The van der Waals surface area contributed by atoms with Gasteiger partial charge in [0.2, 0.25) is 5.78 Å². The molecule has 0 unspecified atom stereocenters. The fourth-order valence-corrected chi connectivity index (χ4v) is 1.71. The number of hydrogen-bond donors (Lipinski definition) is 1. The molecule has 7 nitrogen and oxygen atoms in total. The van der Waals surface area contributed by atoms with Crippen LogP contribution in [-0.4, -0.2) is 43.6 Å². The van der Waals surface area contributed by atoms with Gasteiger partial charge in [-0.25, -0.2) is 4.68 Å². The molecule has 1 aliphatic rings. The zero-order valence-corrected chi connectivity index (χ0v) is 9.37. The summed E-state index contributed by atoms with van der Waals surface area (Å²) in [5, 5.41) is 15.0. The average Bonchev–Trinajstić information content (AvgIpc) is 2.84. The SMILES string of the molecule is Cn1cc(C(=O)c2cn(C3CNC3)nn2)cn1. The molecule has 0 aliphatic carbocycles. The van der Waals surface area contributed by atoms with Crippen LogP contribution in [0.25, 0.3) is 0 Å². The molecule has 3 heterocycles. The minimum absolute atomic E-state index is 0.142. The normalized spacial score (nSPS) is 15.8. The maximum absolute atomic E-state index is 12.0. The van der Waals surface area contributed by atoms with Crippen LogP contribution in [0.4, 0.5) is 0 Å². The van der Waals surface area contributed by atoms with Crippen molar-refractivity contribution in [3.63, 3.8) is 0 Å². The van der Waals surface area contributed by atoms with Crippen LogP contribution < -0.4 is 5.32 Å². The Balaban J connectivity index is 1.83. The molecule has 0 aromatic carbocycles. The van der Waals surface area contributed by atoms with E-state index in [1.54, 1.807) is 28.8 Å². The number of carbonyl (C=O) groups excluding carboxylic acids is 1. The summed E-state index contributed by atoms with van der Waals surface area (Å²) in [5.74, 6) is -0.142. The molecule has 0 bridgehead atoms. The lowest BCUT2D eigenvalue weighted by atomic mass is 10.1. The molecule has 1 N–H and O–H groups in total. The van der Waals surface area contributed by atoms with Gasteiger partial charge in [-0.15, -0.1) is 5.10 Å². The molecule has 0 atom stereocenters. The van der Waals surface area contributed by atoms with Gasteiger partial charge in [-0.1, -0.05) is 5.21 Å². The van der Waals surface area contributed by atoms with Gasteiger partial charge in [0.25, 0.3) is 0 Å². The summed E-state index contributed by atoms with van der Waals surface area (Å²) in [6, 6.07) is 0.318. The number of hydrogen-bond acceptors (Lipinski definition) is 5. The van der Waals surface area contributed by atoms with E-state index in [1.165, 1.54) is 6.20 Å². The summed E-state index contributed by atoms with van der Waals surface area (Å²) < 4.78 is 3.33. The molecule has 3 rings (SSSR count). The third kappa shape index (κ3) is 1.74. The van der Waals surface area contributed by atoms with Crippen LogP contribution in [0, 0.1) is 0 Å². The minimum Gasteiger partial charge on any atom is -0.312 e. The van der Waals surface area contributed by atoms with E-state index in [0.29, 0.717) is 17.3 Å². The van der Waals surface area contributed by atoms with Crippen LogP contribution in [0.5, 0.6) is 0 Å². The average molecular weight is 232 g/mol. The minimum atomic E-state index is -0.142. The van der Waals surface area contributed by atoms with Crippen LogP contribution in [0.2, 0.25) is 0 Å². The molecule has 2 aromatic heterocycles. The summed E-state index contributed by atoms with van der Waals surface area (Å²) in [5.41, 5.74) is 0.899. The van der Waals surface area contributed by atoms with E-state index in [9.17, 15) is 4.79 Å². The molecule has 1 saturated heterocycles. The first-order valence-electron chi connectivity index (χ1n) is 5.40. The van der Waals surface area contributed by atoms with Crippen LogP contribution in [0.15, 0.2) is 18.6 Å². The molecule has 7 heteroatoms. The molecule has 1 aliphatic heterocycles. The summed E-state index contributed by atoms with van der Waals surface area (Å²) in [4.78, 5) is 12.0. The van der Waals surface area contributed by atoms with E-state index in [-0.39, 0.29) is 5.78 Å². The van der Waals surface area contributed by atoms with Crippen LogP contribution in [0.3, 0.4) is 0 Å². The monoisotopic (exact) mass is 232 g/mol. The van der Waals surface area contributed by atoms with Crippen molar-refractivity contribution in [1.29, 1.82) is 0 Å². The fraction of sp³-hybridized carbons (Fsp3) is 0.400. The second-order valence-electron chi connectivity index (χ2n) is 4.13. The highest BCUT2D eigenvalue weighted by molar-refractivity contribution is 6.07. The summed E-state index contributed by atoms with van der Waals surface area (Å²) in [6.07, 6.45) is 4.90. The van der Waals surface area contributed by atoms with Crippen molar-refractivity contribution < 1.29 is 4.79 Å². The number of rotatable bonds is 3. The van der Waals surface area contributed by atoms with Gasteiger partial charge in [-0.05, 0) is 0 Å². The predicted octanol–water partition coefficient (Wildman–Crippen LogP) is -0.613. The second-order valence-corrected chi connectivity index (χ2v) is 4.13. The zero-order chi connectivity index (χ0) is 11.8. The van der Waals surface area contributed by atoms with Crippen LogP contribution in [-0.2, 0) is 7.05 Å². The van der Waals surface area contributed by atoms with Crippen molar-refractivity contribution in [2.24, 2.45) is 7.05 Å². The third-order valence-corrected chi connectivity index (χ3v) is 2.84. The smallest absolute Gasteiger partial charge is 0.218 e. The van der Waals surface area contributed by atoms with Gasteiger partial charge in [0.1, 0.15) is 0 Å². The van der Waals surface area contributed by atoms with Crippen molar-refractivity contribution in [2.45, 2.75) is 6.04 Å². The van der Waals surface area contributed by atoms with E-state index in [4.69, 9.17) is 0 Å². The summed E-state index contributed by atoms with van der Waals surface area (Å²) >= 11 is 0. The quantitative estimate of drug-likeness (QED) is 0.714. The Bertz CT molecular complexity index is 553. The van der Waals surface area contributed by atoms with Gasteiger partial charge in [0.15, 0.2) is 5.69 Å². The first-order chi connectivity index (χ1) is 8.24. The van der Waals surface area contributed by atoms with Gasteiger partial charge in [0.05, 0.1) is 24.0 Å². The number of nitrogens with one attached hydrogen (secondary N) is 1. The maximum Gasteiger partial charge on any atom is 0.218 e. The molecule has 1 fully saturated rings. The van der Waals surface area contributed by atoms with Crippen LogP contribution >= 0.6 is 0 Å². The first-order valence-corrected chi connectivity index (χ1v) is 5.40. The van der Waals surface area contributed by atoms with Crippen LogP contribution in [0.1, 0.15) is 22.1 Å². The van der Waals surface area contributed by atoms with Crippen molar-refractivity contribution in [3.8, 4) is 0 Å². The molecule has 0 radical (unpaired) electrons. The topological polar surface area (TPSA) is 77.6 Å². The molecular formula is C10H12N6O. The van der Waals surface area contributed by atoms with Crippen molar-refractivity contribution in [2.75, 3.05) is 13.1 Å². The predicted molar refractivity (Wildman–Crippen MR) is 58.6 cm³/mol. The maximum atomic E-state index is 12.0. The highest BCUT2D eigenvalue weighted by Gasteiger charge is 2.22. The molecule has 2 aromatic rings. The zero-order valence-electron chi connectivity index (χ0n) is 9.37. The molecule has 17 heavy (non-hydrogen) atoms. The highest BCUT2D eigenvalue weighted by atomic mass is 16.1. The van der Waals surface area contributed by atoms with E-state index in [1.807, 2.05) is 0 Å². The third-order valence-electron chi connectivity index (χ3n) is 2.84. The Labute approximate surface area is 97.4 Å². The standard InChI is InChI=1S/C10H12N6O/c1-15-5-7(2-12-15)10(17)9-6-16(14-13-9)8-3-11-4-8/h2,5-6,8,11H,3-4H2,1H3. The Morgan fingerprint density at radius 3 is 2.88 bits per heavy atom. The van der Waals surface area contributed by atoms with Gasteiger partial charge in [0, 0.05) is 26.3 Å². The Morgan fingerprint density at radius 2 is 2.29 bits per heavy atom. The molecular weight excluding hydrogens is 220 g/mol. The molecule has 0 saturated carbocycles.